The molecule has 0 bridgehead atoms. The van der Waals surface area contributed by atoms with Gasteiger partial charge in [-0.05, 0) is 12.1 Å². The van der Waals surface area contributed by atoms with Crippen LogP contribution in [-0.2, 0) is 4.79 Å². The van der Waals surface area contributed by atoms with E-state index in [9.17, 15) is 18.8 Å². The number of carbonyl (C=O) groups is 3. The van der Waals surface area contributed by atoms with E-state index in [1.165, 1.54) is 18.2 Å². The Balaban J connectivity index is 2.59. The Kier molecular flexibility index (Phi) is 3.51. The number of rotatable bonds is 4. The van der Waals surface area contributed by atoms with Crippen LogP contribution in [0.5, 0.6) is 0 Å². The summed E-state index contributed by atoms with van der Waals surface area (Å²) in [4.78, 5) is 33.6. The standard InChI is InChI=1S/C13H10FNO5/c14-8-3-1-2-7-6-9(13(19)20)15(12(7)8)10(16)4-5-11(17)18/h1-3,6H,4-5H2,(H,17,18)(H,19,20). The molecule has 2 N–H and O–H groups in total. The molecule has 1 aromatic carbocycles. The zero-order valence-electron chi connectivity index (χ0n) is 10.2. The normalized spacial score (nSPS) is 10.7. The minimum absolute atomic E-state index is 0.153. The molecule has 0 saturated heterocycles. The summed E-state index contributed by atoms with van der Waals surface area (Å²) in [5.74, 6) is -4.08. The molecular weight excluding hydrogens is 269 g/mol. The second-order valence-corrected chi connectivity index (χ2v) is 4.14. The van der Waals surface area contributed by atoms with Crippen LogP contribution in [0.15, 0.2) is 24.3 Å². The topological polar surface area (TPSA) is 96.6 Å². The van der Waals surface area contributed by atoms with Gasteiger partial charge in [-0.15, -0.1) is 0 Å². The Morgan fingerprint density at radius 2 is 1.85 bits per heavy atom. The number of aromatic nitrogens is 1. The first-order chi connectivity index (χ1) is 9.41. The molecule has 1 aromatic heterocycles. The zero-order valence-corrected chi connectivity index (χ0v) is 10.2. The number of carboxylic acids is 2. The van der Waals surface area contributed by atoms with Crippen LogP contribution in [0.25, 0.3) is 10.9 Å². The van der Waals surface area contributed by atoms with Crippen molar-refractivity contribution in [2.75, 3.05) is 0 Å². The number of halogens is 1. The summed E-state index contributed by atoms with van der Waals surface area (Å²) in [5.41, 5.74) is -0.541. The van der Waals surface area contributed by atoms with Crippen molar-refractivity contribution in [1.82, 2.24) is 4.57 Å². The van der Waals surface area contributed by atoms with E-state index in [2.05, 4.69) is 0 Å². The number of nitrogens with zero attached hydrogens (tertiary/aromatic N) is 1. The lowest BCUT2D eigenvalue weighted by Gasteiger charge is -2.06. The third-order valence-corrected chi connectivity index (χ3v) is 2.80. The fourth-order valence-corrected chi connectivity index (χ4v) is 1.96. The molecule has 1 heterocycles. The van der Waals surface area contributed by atoms with E-state index >= 15 is 0 Å². The molecule has 0 spiro atoms. The number of aliphatic carboxylic acids is 1. The van der Waals surface area contributed by atoms with E-state index in [1.807, 2.05) is 0 Å². The van der Waals surface area contributed by atoms with E-state index < -0.39 is 36.5 Å². The van der Waals surface area contributed by atoms with Gasteiger partial charge >= 0.3 is 11.9 Å². The van der Waals surface area contributed by atoms with Crippen molar-refractivity contribution in [2.45, 2.75) is 12.8 Å². The molecule has 0 saturated carbocycles. The highest BCUT2D eigenvalue weighted by atomic mass is 19.1. The Morgan fingerprint density at radius 3 is 2.45 bits per heavy atom. The Morgan fingerprint density at radius 1 is 1.15 bits per heavy atom. The smallest absolute Gasteiger partial charge is 0.352 e. The lowest BCUT2D eigenvalue weighted by molar-refractivity contribution is -0.137. The summed E-state index contributed by atoms with van der Waals surface area (Å²) in [7, 11) is 0. The highest BCUT2D eigenvalue weighted by Crippen LogP contribution is 2.23. The molecule has 0 fully saturated rings. The van der Waals surface area contributed by atoms with Crippen molar-refractivity contribution in [3.8, 4) is 0 Å². The molecule has 0 aliphatic heterocycles. The molecule has 0 aliphatic rings. The first-order valence-corrected chi connectivity index (χ1v) is 5.70. The fourth-order valence-electron chi connectivity index (χ4n) is 1.96. The van der Waals surface area contributed by atoms with Crippen LogP contribution < -0.4 is 0 Å². The van der Waals surface area contributed by atoms with Gasteiger partial charge < -0.3 is 10.2 Å². The zero-order chi connectivity index (χ0) is 14.9. The van der Waals surface area contributed by atoms with E-state index in [0.717, 1.165) is 10.6 Å². The lowest BCUT2D eigenvalue weighted by Crippen LogP contribution is -2.18. The van der Waals surface area contributed by atoms with Gasteiger partial charge in [0.1, 0.15) is 11.5 Å². The van der Waals surface area contributed by atoms with Crippen molar-refractivity contribution in [3.63, 3.8) is 0 Å². The summed E-state index contributed by atoms with van der Waals surface area (Å²) in [6.07, 6.45) is -0.861. The largest absolute Gasteiger partial charge is 0.481 e. The van der Waals surface area contributed by atoms with Gasteiger partial charge in [0.05, 0.1) is 11.9 Å². The van der Waals surface area contributed by atoms with E-state index in [0.29, 0.717) is 0 Å². The number of carboxylic acid groups (broad SMARTS) is 2. The number of benzene rings is 1. The number of hydrogen-bond donors (Lipinski definition) is 2. The Hall–Kier alpha value is -2.70. The van der Waals surface area contributed by atoms with Crippen molar-refractivity contribution in [2.24, 2.45) is 0 Å². The summed E-state index contributed by atoms with van der Waals surface area (Å²) >= 11 is 0. The minimum Gasteiger partial charge on any atom is -0.481 e. The maximum Gasteiger partial charge on any atom is 0.352 e. The van der Waals surface area contributed by atoms with Gasteiger partial charge in [-0.1, -0.05) is 12.1 Å². The average Bonchev–Trinajstić information content (AvgIpc) is 2.77. The number of carbonyl (C=O) groups excluding carboxylic acids is 1. The maximum absolute atomic E-state index is 13.8. The van der Waals surface area contributed by atoms with Gasteiger partial charge in [-0.25, -0.2) is 9.18 Å². The number of fused-ring (bicyclic) bond motifs is 1. The molecule has 0 atom stereocenters. The van der Waals surface area contributed by atoms with E-state index in [1.54, 1.807) is 0 Å². The van der Waals surface area contributed by atoms with Crippen molar-refractivity contribution in [1.29, 1.82) is 0 Å². The first-order valence-electron chi connectivity index (χ1n) is 5.70. The second-order valence-electron chi connectivity index (χ2n) is 4.14. The second kappa shape index (κ2) is 5.12. The summed E-state index contributed by atoms with van der Waals surface area (Å²) < 4.78 is 14.5. The highest BCUT2D eigenvalue weighted by molar-refractivity contribution is 6.03. The first kappa shape index (κ1) is 13.7. The van der Waals surface area contributed by atoms with Crippen molar-refractivity contribution in [3.05, 3.63) is 35.8 Å². The van der Waals surface area contributed by atoms with E-state index in [4.69, 9.17) is 10.2 Å². The van der Waals surface area contributed by atoms with Crippen LogP contribution >= 0.6 is 0 Å². The highest BCUT2D eigenvalue weighted by Gasteiger charge is 2.22. The quantitative estimate of drug-likeness (QED) is 0.892. The SMILES string of the molecule is O=C(O)CCC(=O)n1c(C(=O)O)cc2cccc(F)c21. The maximum atomic E-state index is 13.8. The molecular formula is C13H10FNO5. The summed E-state index contributed by atoms with van der Waals surface area (Å²) in [6.45, 7) is 0. The van der Waals surface area contributed by atoms with Gasteiger partial charge in [0.25, 0.3) is 0 Å². The molecule has 6 nitrogen and oxygen atoms in total. The predicted molar refractivity (Wildman–Crippen MR) is 66.4 cm³/mol. The lowest BCUT2D eigenvalue weighted by atomic mass is 10.2. The summed E-state index contributed by atoms with van der Waals surface area (Å²) in [5, 5.41) is 17.9. The van der Waals surface area contributed by atoms with Crippen LogP contribution in [0.1, 0.15) is 28.1 Å². The minimum atomic E-state index is -1.38. The molecule has 0 amide bonds. The van der Waals surface area contributed by atoms with Crippen LogP contribution in [-0.4, -0.2) is 32.6 Å². The molecule has 7 heteroatoms. The van der Waals surface area contributed by atoms with Gasteiger partial charge in [-0.3, -0.25) is 14.2 Å². The Bertz CT molecular complexity index is 719. The molecule has 2 aromatic rings. The number of para-hydroxylation sites is 1. The van der Waals surface area contributed by atoms with E-state index in [-0.39, 0.29) is 16.6 Å². The van der Waals surface area contributed by atoms with Gasteiger partial charge in [0.2, 0.25) is 5.91 Å². The van der Waals surface area contributed by atoms with Crippen LogP contribution in [0, 0.1) is 5.82 Å². The average molecular weight is 279 g/mol. The summed E-state index contributed by atoms with van der Waals surface area (Å²) in [6, 6.07) is 5.16. The van der Waals surface area contributed by atoms with Crippen LogP contribution in [0.4, 0.5) is 4.39 Å². The third-order valence-electron chi connectivity index (χ3n) is 2.80. The molecule has 20 heavy (non-hydrogen) atoms. The monoisotopic (exact) mass is 279 g/mol. The van der Waals surface area contributed by atoms with Crippen molar-refractivity contribution < 1.29 is 29.0 Å². The van der Waals surface area contributed by atoms with Gasteiger partial charge in [0.15, 0.2) is 0 Å². The molecule has 0 aliphatic carbocycles. The van der Waals surface area contributed by atoms with Gasteiger partial charge in [-0.2, -0.15) is 0 Å². The third kappa shape index (κ3) is 2.37. The predicted octanol–water partition coefficient (Wildman–Crippen LogP) is 1.98. The molecule has 104 valence electrons. The number of hydrogen-bond acceptors (Lipinski definition) is 3. The van der Waals surface area contributed by atoms with Gasteiger partial charge in [0, 0.05) is 11.8 Å². The molecule has 2 rings (SSSR count). The number of aromatic carboxylic acids is 1. The van der Waals surface area contributed by atoms with Crippen LogP contribution in [0.3, 0.4) is 0 Å². The van der Waals surface area contributed by atoms with Crippen LogP contribution in [0.2, 0.25) is 0 Å². The Labute approximate surface area is 112 Å². The molecule has 0 unspecified atom stereocenters. The molecule has 0 radical (unpaired) electrons. The fraction of sp³-hybridized carbons (Fsp3) is 0.154. The van der Waals surface area contributed by atoms with Crippen molar-refractivity contribution >= 4 is 28.7 Å².